The molecule has 0 saturated carbocycles. The van der Waals surface area contributed by atoms with Gasteiger partial charge in [-0.3, -0.25) is 4.57 Å². The SMILES string of the molecule is C[C@H]1O[C@@H](n2cnc3c(N)ncnc32)[C@H](O)[C@@H]1O.O=P(O)(O)O. The van der Waals surface area contributed by atoms with Crippen LogP contribution >= 0.6 is 7.82 Å². The van der Waals surface area contributed by atoms with Gasteiger partial charge in [-0.1, -0.05) is 0 Å². The number of ether oxygens (including phenoxy) is 1. The number of aliphatic hydroxyl groups excluding tert-OH is 2. The van der Waals surface area contributed by atoms with Gasteiger partial charge in [-0.15, -0.1) is 0 Å². The third kappa shape index (κ3) is 4.00. The fourth-order valence-electron chi connectivity index (χ4n) is 2.11. The van der Waals surface area contributed by atoms with E-state index >= 15 is 0 Å². The first-order valence-electron chi connectivity index (χ1n) is 6.32. The summed E-state index contributed by atoms with van der Waals surface area (Å²) in [5, 5.41) is 19.6. The maximum absolute atomic E-state index is 9.93. The van der Waals surface area contributed by atoms with Crippen LogP contribution in [0.15, 0.2) is 12.7 Å². The fraction of sp³-hybridized carbons (Fsp3) is 0.500. The second-order valence-corrected chi connectivity index (χ2v) is 5.84. The van der Waals surface area contributed by atoms with E-state index in [1.54, 1.807) is 11.5 Å². The molecule has 0 radical (unpaired) electrons. The number of aliphatic hydroxyl groups is 2. The van der Waals surface area contributed by atoms with Crippen LogP contribution in [0, 0.1) is 0 Å². The number of rotatable bonds is 1. The van der Waals surface area contributed by atoms with Gasteiger partial charge in [0.15, 0.2) is 17.7 Å². The largest absolute Gasteiger partial charge is 0.466 e. The third-order valence-electron chi connectivity index (χ3n) is 3.14. The van der Waals surface area contributed by atoms with Crippen molar-refractivity contribution < 1.29 is 34.2 Å². The fourth-order valence-corrected chi connectivity index (χ4v) is 2.11. The van der Waals surface area contributed by atoms with Crippen molar-refractivity contribution in [1.82, 2.24) is 19.5 Å². The van der Waals surface area contributed by atoms with Crippen molar-refractivity contribution in [3.05, 3.63) is 12.7 Å². The Morgan fingerprint density at radius 3 is 2.35 bits per heavy atom. The van der Waals surface area contributed by atoms with Crippen LogP contribution in [-0.2, 0) is 9.30 Å². The van der Waals surface area contributed by atoms with Gasteiger partial charge in [0.05, 0.1) is 12.4 Å². The van der Waals surface area contributed by atoms with E-state index in [4.69, 9.17) is 29.7 Å². The number of nitrogens with zero attached hydrogens (tertiary/aromatic N) is 4. The molecule has 0 spiro atoms. The van der Waals surface area contributed by atoms with E-state index in [9.17, 15) is 10.2 Å². The van der Waals surface area contributed by atoms with Crippen molar-refractivity contribution in [3.63, 3.8) is 0 Å². The van der Waals surface area contributed by atoms with Crippen molar-refractivity contribution in [2.45, 2.75) is 31.5 Å². The normalized spacial score (nSPS) is 27.7. The van der Waals surface area contributed by atoms with Gasteiger partial charge in [0, 0.05) is 0 Å². The summed E-state index contributed by atoms with van der Waals surface area (Å²) in [5.41, 5.74) is 6.59. The third-order valence-corrected chi connectivity index (χ3v) is 3.14. The standard InChI is InChI=1S/C10H13N5O3.H3O4P/c1-4-6(16)7(17)10(18-4)15-3-14-5-8(11)12-2-13-9(5)15;1-5(2,3)4/h2-4,6-7,10,16-17H,1H3,(H2,11,12,13);(H3,1,2,3,4)/t4-,6-,7-,10-;/m1./s1. The number of nitrogen functional groups attached to an aromatic ring is 1. The van der Waals surface area contributed by atoms with Crippen LogP contribution in [0.2, 0.25) is 0 Å². The quantitative estimate of drug-likeness (QED) is 0.315. The van der Waals surface area contributed by atoms with Gasteiger partial charge in [-0.25, -0.2) is 19.5 Å². The Morgan fingerprint density at radius 2 is 1.83 bits per heavy atom. The number of phosphoric acid groups is 1. The molecule has 0 aliphatic carbocycles. The minimum absolute atomic E-state index is 0.264. The molecule has 7 N–H and O–H groups in total. The van der Waals surface area contributed by atoms with Gasteiger partial charge in [0.2, 0.25) is 0 Å². The topological polar surface area (TPSA) is 197 Å². The molecule has 3 heterocycles. The van der Waals surface area contributed by atoms with Crippen molar-refractivity contribution >= 4 is 24.8 Å². The number of nitrogens with two attached hydrogens (primary N) is 1. The van der Waals surface area contributed by atoms with Gasteiger partial charge >= 0.3 is 7.82 Å². The smallest absolute Gasteiger partial charge is 0.388 e. The molecule has 0 unspecified atom stereocenters. The Morgan fingerprint density at radius 1 is 1.22 bits per heavy atom. The van der Waals surface area contributed by atoms with Gasteiger partial charge in [0.1, 0.15) is 24.1 Å². The number of anilines is 1. The summed E-state index contributed by atoms with van der Waals surface area (Å²) in [6.45, 7) is 1.69. The van der Waals surface area contributed by atoms with E-state index in [-0.39, 0.29) is 5.82 Å². The predicted octanol–water partition coefficient (Wildman–Crippen LogP) is -1.88. The maximum atomic E-state index is 9.93. The lowest BCUT2D eigenvalue weighted by Gasteiger charge is -2.16. The number of aromatic nitrogens is 4. The first-order valence-corrected chi connectivity index (χ1v) is 7.89. The number of hydrogen-bond acceptors (Lipinski definition) is 8. The number of imidazole rings is 1. The first-order chi connectivity index (χ1) is 10.6. The molecule has 0 bridgehead atoms. The summed E-state index contributed by atoms with van der Waals surface area (Å²) in [7, 11) is -4.64. The van der Waals surface area contributed by atoms with Crippen LogP contribution in [0.25, 0.3) is 11.2 Å². The van der Waals surface area contributed by atoms with E-state index in [0.717, 1.165) is 0 Å². The molecule has 12 nitrogen and oxygen atoms in total. The summed E-state index contributed by atoms with van der Waals surface area (Å²) in [6.07, 6.45) is -0.373. The summed E-state index contributed by atoms with van der Waals surface area (Å²) in [4.78, 5) is 33.6. The summed E-state index contributed by atoms with van der Waals surface area (Å²) in [6, 6.07) is 0. The highest BCUT2D eigenvalue weighted by Crippen LogP contribution is 2.31. The molecule has 2 aromatic heterocycles. The maximum Gasteiger partial charge on any atom is 0.466 e. The molecule has 23 heavy (non-hydrogen) atoms. The minimum Gasteiger partial charge on any atom is -0.388 e. The monoisotopic (exact) mass is 349 g/mol. The zero-order valence-corrected chi connectivity index (χ0v) is 12.7. The van der Waals surface area contributed by atoms with Crippen LogP contribution in [-0.4, -0.2) is 62.7 Å². The Labute approximate surface area is 129 Å². The van der Waals surface area contributed by atoms with Crippen LogP contribution in [0.3, 0.4) is 0 Å². The first kappa shape index (κ1) is 17.7. The highest BCUT2D eigenvalue weighted by molar-refractivity contribution is 7.45. The Bertz CT molecular complexity index is 725. The molecule has 13 heteroatoms. The summed E-state index contributed by atoms with van der Waals surface area (Å²) < 4.78 is 15.9. The zero-order chi connectivity index (χ0) is 17.4. The van der Waals surface area contributed by atoms with E-state index < -0.39 is 32.4 Å². The van der Waals surface area contributed by atoms with Gasteiger partial charge in [0.25, 0.3) is 0 Å². The molecule has 4 atom stereocenters. The van der Waals surface area contributed by atoms with E-state index in [0.29, 0.717) is 11.2 Å². The molecule has 1 fully saturated rings. The predicted molar refractivity (Wildman–Crippen MR) is 75.6 cm³/mol. The second kappa shape index (κ2) is 6.45. The average molecular weight is 349 g/mol. The van der Waals surface area contributed by atoms with E-state index in [1.807, 2.05) is 0 Å². The van der Waals surface area contributed by atoms with Crippen LogP contribution in [0.5, 0.6) is 0 Å². The van der Waals surface area contributed by atoms with Gasteiger partial charge in [-0.05, 0) is 6.92 Å². The highest BCUT2D eigenvalue weighted by Gasteiger charge is 2.41. The zero-order valence-electron chi connectivity index (χ0n) is 11.8. The van der Waals surface area contributed by atoms with Gasteiger partial charge < -0.3 is 35.4 Å². The minimum atomic E-state index is -4.64. The van der Waals surface area contributed by atoms with Crippen molar-refractivity contribution in [2.24, 2.45) is 0 Å². The molecule has 1 aliphatic rings. The molecule has 1 aliphatic heterocycles. The summed E-state index contributed by atoms with van der Waals surface area (Å²) >= 11 is 0. The van der Waals surface area contributed by atoms with Crippen molar-refractivity contribution in [1.29, 1.82) is 0 Å². The molecule has 0 aromatic carbocycles. The molecule has 0 amide bonds. The van der Waals surface area contributed by atoms with Crippen LogP contribution in [0.1, 0.15) is 13.2 Å². The Balaban J connectivity index is 0.000000338. The lowest BCUT2D eigenvalue weighted by Crippen LogP contribution is -2.30. The molecular formula is C10H16N5O7P. The number of hydrogen-bond donors (Lipinski definition) is 6. The lowest BCUT2D eigenvalue weighted by atomic mass is 10.1. The number of fused-ring (bicyclic) bond motifs is 1. The van der Waals surface area contributed by atoms with E-state index in [2.05, 4.69) is 15.0 Å². The molecule has 1 saturated heterocycles. The van der Waals surface area contributed by atoms with Crippen molar-refractivity contribution in [3.8, 4) is 0 Å². The Hall–Kier alpha value is -1.66. The van der Waals surface area contributed by atoms with E-state index in [1.165, 1.54) is 12.7 Å². The Kier molecular flexibility index (Phi) is 4.96. The molecule has 3 rings (SSSR count). The van der Waals surface area contributed by atoms with Crippen LogP contribution in [0.4, 0.5) is 5.82 Å². The lowest BCUT2D eigenvalue weighted by molar-refractivity contribution is -0.0299. The van der Waals surface area contributed by atoms with Crippen LogP contribution < -0.4 is 5.73 Å². The average Bonchev–Trinajstić information content (AvgIpc) is 2.95. The second-order valence-electron chi connectivity index (χ2n) is 4.81. The van der Waals surface area contributed by atoms with Crippen molar-refractivity contribution in [2.75, 3.05) is 5.73 Å². The molecular weight excluding hydrogens is 333 g/mol. The molecule has 128 valence electrons. The van der Waals surface area contributed by atoms with Gasteiger partial charge in [-0.2, -0.15) is 0 Å². The molecule has 2 aromatic rings. The highest BCUT2D eigenvalue weighted by atomic mass is 31.2. The summed E-state index contributed by atoms with van der Waals surface area (Å²) in [5.74, 6) is 0.264.